The molecule has 25 heavy (non-hydrogen) atoms. The van der Waals surface area contributed by atoms with Gasteiger partial charge in [-0.15, -0.1) is 0 Å². The first-order valence-corrected chi connectivity index (χ1v) is 9.26. The molecule has 0 saturated carbocycles. The molecule has 1 atom stereocenters. The quantitative estimate of drug-likeness (QED) is 0.772. The summed E-state index contributed by atoms with van der Waals surface area (Å²) in [4.78, 5) is 19.4. The molecule has 9 heteroatoms. The number of aromatic nitrogens is 4. The van der Waals surface area contributed by atoms with Gasteiger partial charge in [-0.2, -0.15) is 5.10 Å². The van der Waals surface area contributed by atoms with Gasteiger partial charge in [0.2, 0.25) is 4.96 Å². The molecule has 0 saturated heterocycles. The van der Waals surface area contributed by atoms with E-state index < -0.39 is 0 Å². The Bertz CT molecular complexity index is 869. The Hall–Kier alpha value is -2.42. The van der Waals surface area contributed by atoms with Gasteiger partial charge in [-0.05, 0) is 26.2 Å². The zero-order valence-electron chi connectivity index (χ0n) is 14.2. The Balaban J connectivity index is 1.40. The average Bonchev–Trinajstić information content (AvgIpc) is 3.29. The van der Waals surface area contributed by atoms with E-state index in [1.165, 1.54) is 16.9 Å². The van der Waals surface area contributed by atoms with Gasteiger partial charge in [-0.25, -0.2) is 14.3 Å². The van der Waals surface area contributed by atoms with Gasteiger partial charge in [0.15, 0.2) is 0 Å². The van der Waals surface area contributed by atoms with Crippen LogP contribution >= 0.6 is 11.3 Å². The van der Waals surface area contributed by atoms with Crippen LogP contribution in [-0.2, 0) is 19.4 Å². The highest BCUT2D eigenvalue weighted by Crippen LogP contribution is 2.25. The predicted octanol–water partition coefficient (Wildman–Crippen LogP) is 2.56. The van der Waals surface area contributed by atoms with E-state index in [2.05, 4.69) is 20.6 Å². The van der Waals surface area contributed by atoms with Crippen LogP contribution in [0.5, 0.6) is 0 Å². The van der Waals surface area contributed by atoms with Gasteiger partial charge in [0.25, 0.3) is 0 Å². The second-order valence-corrected chi connectivity index (χ2v) is 7.21. The second kappa shape index (κ2) is 6.47. The molecule has 3 heterocycles. The SMILES string of the molecule is C[C@@H](NC(=O)N(C)Cc1noc2c1CCCC2)c1cn2ncsc2n1. The normalized spacial score (nSPS) is 15.1. The Morgan fingerprint density at radius 3 is 3.16 bits per heavy atom. The van der Waals surface area contributed by atoms with Crippen molar-refractivity contribution >= 4 is 22.3 Å². The summed E-state index contributed by atoms with van der Waals surface area (Å²) in [6, 6.07) is -0.362. The van der Waals surface area contributed by atoms with Crippen molar-refractivity contribution in [1.82, 2.24) is 30.0 Å². The highest BCUT2D eigenvalue weighted by molar-refractivity contribution is 7.14. The van der Waals surface area contributed by atoms with Crippen molar-refractivity contribution in [2.45, 2.75) is 45.2 Å². The number of aryl methyl sites for hydroxylation is 1. The molecule has 1 N–H and O–H groups in total. The van der Waals surface area contributed by atoms with Crippen LogP contribution in [0.1, 0.15) is 48.5 Å². The van der Waals surface area contributed by atoms with Gasteiger partial charge in [0, 0.05) is 19.0 Å². The van der Waals surface area contributed by atoms with Crippen LogP contribution in [0.4, 0.5) is 4.79 Å². The Morgan fingerprint density at radius 1 is 1.48 bits per heavy atom. The van der Waals surface area contributed by atoms with Crippen LogP contribution in [0.3, 0.4) is 0 Å². The van der Waals surface area contributed by atoms with E-state index in [1.54, 1.807) is 22.0 Å². The lowest BCUT2D eigenvalue weighted by Crippen LogP contribution is -2.38. The van der Waals surface area contributed by atoms with Crippen LogP contribution in [0.2, 0.25) is 0 Å². The summed E-state index contributed by atoms with van der Waals surface area (Å²) < 4.78 is 7.13. The van der Waals surface area contributed by atoms with Crippen molar-refractivity contribution in [2.24, 2.45) is 0 Å². The smallest absolute Gasteiger partial charge is 0.318 e. The molecule has 2 amide bonds. The van der Waals surface area contributed by atoms with E-state index in [0.717, 1.165) is 47.8 Å². The summed E-state index contributed by atoms with van der Waals surface area (Å²) in [7, 11) is 1.76. The van der Waals surface area contributed by atoms with Gasteiger partial charge in [0.1, 0.15) is 17.0 Å². The monoisotopic (exact) mass is 360 g/mol. The molecule has 0 spiro atoms. The van der Waals surface area contributed by atoms with Crippen LogP contribution in [0.15, 0.2) is 16.2 Å². The Morgan fingerprint density at radius 2 is 2.32 bits per heavy atom. The topological polar surface area (TPSA) is 88.6 Å². The number of fused-ring (bicyclic) bond motifs is 2. The zero-order valence-corrected chi connectivity index (χ0v) is 15.0. The third-order valence-electron chi connectivity index (χ3n) is 4.55. The van der Waals surface area contributed by atoms with Crippen molar-refractivity contribution in [1.29, 1.82) is 0 Å². The summed E-state index contributed by atoms with van der Waals surface area (Å²) in [5, 5.41) is 11.3. The molecule has 3 aromatic rings. The number of carbonyl (C=O) groups is 1. The number of carbonyl (C=O) groups excluding carboxylic acids is 1. The van der Waals surface area contributed by atoms with E-state index in [0.29, 0.717) is 6.54 Å². The average molecular weight is 360 g/mol. The first-order valence-electron chi connectivity index (χ1n) is 8.38. The molecule has 0 unspecified atom stereocenters. The minimum Gasteiger partial charge on any atom is -0.361 e. The van der Waals surface area contributed by atoms with E-state index in [-0.39, 0.29) is 12.1 Å². The van der Waals surface area contributed by atoms with Gasteiger partial charge >= 0.3 is 6.03 Å². The molecule has 3 aromatic heterocycles. The molecule has 0 aromatic carbocycles. The second-order valence-electron chi connectivity index (χ2n) is 6.40. The van der Waals surface area contributed by atoms with E-state index in [4.69, 9.17) is 4.52 Å². The minimum absolute atomic E-state index is 0.163. The number of hydrogen-bond donors (Lipinski definition) is 1. The molecule has 0 aliphatic heterocycles. The lowest BCUT2D eigenvalue weighted by Gasteiger charge is -2.20. The van der Waals surface area contributed by atoms with Crippen LogP contribution in [0.25, 0.3) is 4.96 Å². The van der Waals surface area contributed by atoms with Gasteiger partial charge in [-0.3, -0.25) is 0 Å². The van der Waals surface area contributed by atoms with Gasteiger partial charge in [0.05, 0.1) is 24.5 Å². The van der Waals surface area contributed by atoms with Crippen molar-refractivity contribution in [2.75, 3.05) is 7.05 Å². The first-order chi connectivity index (χ1) is 12.1. The van der Waals surface area contributed by atoms with Crippen LogP contribution in [-0.4, -0.2) is 37.7 Å². The zero-order chi connectivity index (χ0) is 17.4. The van der Waals surface area contributed by atoms with E-state index in [9.17, 15) is 4.79 Å². The van der Waals surface area contributed by atoms with Crippen LogP contribution < -0.4 is 5.32 Å². The summed E-state index contributed by atoms with van der Waals surface area (Å²) in [5.74, 6) is 0.981. The lowest BCUT2D eigenvalue weighted by molar-refractivity contribution is 0.202. The maximum absolute atomic E-state index is 12.5. The first kappa shape index (κ1) is 16.1. The molecule has 1 aliphatic rings. The third-order valence-corrected chi connectivity index (χ3v) is 5.24. The summed E-state index contributed by atoms with van der Waals surface area (Å²) in [6.07, 6.45) is 6.07. The largest absolute Gasteiger partial charge is 0.361 e. The molecule has 0 radical (unpaired) electrons. The summed E-state index contributed by atoms with van der Waals surface area (Å²) in [5.41, 5.74) is 4.58. The maximum atomic E-state index is 12.5. The summed E-state index contributed by atoms with van der Waals surface area (Å²) in [6.45, 7) is 2.35. The summed E-state index contributed by atoms with van der Waals surface area (Å²) >= 11 is 1.47. The Kier molecular flexibility index (Phi) is 4.16. The number of hydrogen-bond acceptors (Lipinski definition) is 6. The molecule has 8 nitrogen and oxygen atoms in total. The number of nitrogens with zero attached hydrogens (tertiary/aromatic N) is 5. The molecule has 132 valence electrons. The van der Waals surface area contributed by atoms with E-state index >= 15 is 0 Å². The molecular weight excluding hydrogens is 340 g/mol. The molecule has 0 fully saturated rings. The molecular formula is C16H20N6O2S. The lowest BCUT2D eigenvalue weighted by atomic mass is 9.96. The standard InChI is InChI=1S/C16H20N6O2S/c1-10(12-8-22-16(19-12)25-9-17-22)18-15(23)21(2)7-13-11-5-3-4-6-14(11)24-20-13/h8-10H,3-7H2,1-2H3,(H,18,23)/t10-/m1/s1. The number of imidazole rings is 1. The number of nitrogens with one attached hydrogen (secondary N) is 1. The number of urea groups is 1. The number of amides is 2. The molecule has 4 rings (SSSR count). The van der Waals surface area contributed by atoms with Gasteiger partial charge < -0.3 is 14.7 Å². The molecule has 1 aliphatic carbocycles. The van der Waals surface area contributed by atoms with E-state index in [1.807, 2.05) is 13.1 Å². The third kappa shape index (κ3) is 3.11. The van der Waals surface area contributed by atoms with Crippen molar-refractivity contribution < 1.29 is 9.32 Å². The fourth-order valence-corrected chi connectivity index (χ4v) is 3.71. The van der Waals surface area contributed by atoms with Crippen molar-refractivity contribution in [3.8, 4) is 0 Å². The minimum atomic E-state index is -0.199. The fraction of sp³-hybridized carbons (Fsp3) is 0.500. The maximum Gasteiger partial charge on any atom is 0.318 e. The Labute approximate surface area is 148 Å². The molecule has 0 bridgehead atoms. The van der Waals surface area contributed by atoms with Crippen molar-refractivity contribution in [3.63, 3.8) is 0 Å². The predicted molar refractivity (Wildman–Crippen MR) is 92.4 cm³/mol. The van der Waals surface area contributed by atoms with Gasteiger partial charge in [-0.1, -0.05) is 16.5 Å². The number of rotatable bonds is 4. The highest BCUT2D eigenvalue weighted by atomic mass is 32.1. The fourth-order valence-electron chi connectivity index (χ4n) is 3.10. The highest BCUT2D eigenvalue weighted by Gasteiger charge is 2.22. The van der Waals surface area contributed by atoms with Crippen LogP contribution in [0, 0.1) is 0 Å². The van der Waals surface area contributed by atoms with Crippen molar-refractivity contribution in [3.05, 3.63) is 34.4 Å².